The van der Waals surface area contributed by atoms with Gasteiger partial charge in [-0.2, -0.15) is 0 Å². The third kappa shape index (κ3) is 6.42. The van der Waals surface area contributed by atoms with E-state index in [1.165, 1.54) is 6.20 Å². The summed E-state index contributed by atoms with van der Waals surface area (Å²) in [5.74, 6) is 5.30. The Balaban J connectivity index is 2.49. The maximum Gasteiger partial charge on any atom is 0.259 e. The molecule has 0 fully saturated rings. The lowest BCUT2D eigenvalue weighted by molar-refractivity contribution is -0.131. The first-order chi connectivity index (χ1) is 14.5. The van der Waals surface area contributed by atoms with Gasteiger partial charge >= 0.3 is 0 Å². The molecule has 0 saturated carbocycles. The lowest BCUT2D eigenvalue weighted by Crippen LogP contribution is -2.50. The van der Waals surface area contributed by atoms with Crippen LogP contribution in [0.25, 0.3) is 0 Å². The summed E-state index contributed by atoms with van der Waals surface area (Å²) in [4.78, 5) is 32.9. The second-order valence-corrected chi connectivity index (χ2v) is 8.64. The van der Waals surface area contributed by atoms with E-state index in [1.807, 2.05) is 6.92 Å². The number of fused-ring (bicyclic) bond motifs is 1. The van der Waals surface area contributed by atoms with Gasteiger partial charge in [-0.1, -0.05) is 25.7 Å². The van der Waals surface area contributed by atoms with Crippen LogP contribution in [0.5, 0.6) is 5.88 Å². The van der Waals surface area contributed by atoms with Crippen LogP contribution < -0.4 is 4.74 Å². The van der Waals surface area contributed by atoms with Crippen LogP contribution in [0.1, 0.15) is 57.0 Å². The van der Waals surface area contributed by atoms with E-state index in [-0.39, 0.29) is 41.9 Å². The zero-order valence-electron chi connectivity index (χ0n) is 19.2. The van der Waals surface area contributed by atoms with Crippen LogP contribution in [0.2, 0.25) is 0 Å². The average molecular weight is 432 g/mol. The molecule has 2 rings (SSSR count). The zero-order chi connectivity index (χ0) is 23.3. The smallest absolute Gasteiger partial charge is 0.259 e. The summed E-state index contributed by atoms with van der Waals surface area (Å²) in [6.07, 6.45) is 1.50. The lowest BCUT2D eigenvalue weighted by atomic mass is 9.99. The number of rotatable bonds is 5. The largest absolute Gasteiger partial charge is 0.472 e. The van der Waals surface area contributed by atoms with Gasteiger partial charge in [-0.05, 0) is 26.8 Å². The van der Waals surface area contributed by atoms with E-state index in [4.69, 9.17) is 4.74 Å². The molecule has 0 aromatic carbocycles. The fourth-order valence-corrected chi connectivity index (χ4v) is 3.26. The first-order valence-corrected chi connectivity index (χ1v) is 10.5. The van der Waals surface area contributed by atoms with Crippen molar-refractivity contribution >= 4 is 11.8 Å². The molecule has 1 aliphatic heterocycles. The highest BCUT2D eigenvalue weighted by Gasteiger charge is 2.34. The van der Waals surface area contributed by atoms with E-state index < -0.39 is 11.6 Å². The summed E-state index contributed by atoms with van der Waals surface area (Å²) in [5.41, 5.74) is -0.471. The molecular formula is C23H33N3O5. The number of pyridine rings is 1. The van der Waals surface area contributed by atoms with Gasteiger partial charge in [-0.15, -0.1) is 0 Å². The standard InChI is InChI=1S/C23H33N3O5/c1-7-20(28)25(6)13-19-15(2)12-26(16(3)14-27)22(29)18-10-17(8-9-23(4,5)30)11-24-21(18)31-19/h10-11,15-16,19,27,30H,7,12-14H2,1-6H3/t15-,16+,19+/m0/s1. The van der Waals surface area contributed by atoms with Crippen LogP contribution in [0.3, 0.4) is 0 Å². The van der Waals surface area contributed by atoms with Gasteiger partial charge in [-0.25, -0.2) is 4.98 Å². The molecule has 2 N–H and O–H groups in total. The van der Waals surface area contributed by atoms with E-state index in [1.54, 1.807) is 50.6 Å². The van der Waals surface area contributed by atoms with Gasteiger partial charge in [0, 0.05) is 37.7 Å². The fraction of sp³-hybridized carbons (Fsp3) is 0.609. The zero-order valence-corrected chi connectivity index (χ0v) is 19.2. The molecule has 0 radical (unpaired) electrons. The first kappa shape index (κ1) is 24.6. The summed E-state index contributed by atoms with van der Waals surface area (Å²) in [5, 5.41) is 19.6. The minimum atomic E-state index is -1.18. The molecular weight excluding hydrogens is 398 g/mol. The highest BCUT2D eigenvalue weighted by molar-refractivity contribution is 5.97. The SMILES string of the molecule is CCC(=O)N(C)C[C@H]1Oc2ncc(C#CC(C)(C)O)cc2C(=O)N([C@H](C)CO)C[C@@H]1C. The molecule has 0 spiro atoms. The van der Waals surface area contributed by atoms with E-state index in [0.29, 0.717) is 25.1 Å². The van der Waals surface area contributed by atoms with Crippen molar-refractivity contribution in [3.63, 3.8) is 0 Å². The number of carbonyl (C=O) groups is 2. The number of likely N-dealkylation sites (N-methyl/N-ethyl adjacent to an activating group) is 1. The van der Waals surface area contributed by atoms with Crippen LogP contribution in [-0.4, -0.2) is 81.3 Å². The fourth-order valence-electron chi connectivity index (χ4n) is 3.26. The second kappa shape index (κ2) is 10.1. The highest BCUT2D eigenvalue weighted by Crippen LogP contribution is 2.27. The summed E-state index contributed by atoms with van der Waals surface area (Å²) in [6.45, 7) is 9.20. The summed E-state index contributed by atoms with van der Waals surface area (Å²) < 4.78 is 6.13. The van der Waals surface area contributed by atoms with Crippen molar-refractivity contribution in [2.24, 2.45) is 5.92 Å². The van der Waals surface area contributed by atoms with Gasteiger partial charge in [0.15, 0.2) is 0 Å². The van der Waals surface area contributed by atoms with Gasteiger partial charge in [0.1, 0.15) is 17.3 Å². The predicted molar refractivity (Wildman–Crippen MR) is 117 cm³/mol. The Morgan fingerprint density at radius 1 is 1.48 bits per heavy atom. The van der Waals surface area contributed by atoms with Crippen molar-refractivity contribution < 1.29 is 24.5 Å². The first-order valence-electron chi connectivity index (χ1n) is 10.5. The maximum absolute atomic E-state index is 13.3. The molecule has 3 atom stereocenters. The Morgan fingerprint density at radius 2 is 2.16 bits per heavy atom. The molecule has 1 aliphatic rings. The number of amides is 2. The lowest BCUT2D eigenvalue weighted by Gasteiger charge is -2.37. The number of aliphatic hydroxyl groups excluding tert-OH is 1. The number of aliphatic hydroxyl groups is 2. The number of nitrogens with zero attached hydrogens (tertiary/aromatic N) is 3. The predicted octanol–water partition coefficient (Wildman–Crippen LogP) is 1.29. The van der Waals surface area contributed by atoms with Crippen molar-refractivity contribution in [3.05, 3.63) is 23.4 Å². The third-order valence-corrected chi connectivity index (χ3v) is 5.22. The van der Waals surface area contributed by atoms with E-state index >= 15 is 0 Å². The Bertz CT molecular complexity index is 868. The van der Waals surface area contributed by atoms with Crippen molar-refractivity contribution in [2.75, 3.05) is 26.7 Å². The molecule has 8 heteroatoms. The van der Waals surface area contributed by atoms with Gasteiger partial charge in [0.2, 0.25) is 11.8 Å². The van der Waals surface area contributed by atoms with E-state index in [2.05, 4.69) is 16.8 Å². The Labute approximate surface area is 184 Å². The molecule has 0 bridgehead atoms. The molecule has 170 valence electrons. The Morgan fingerprint density at radius 3 is 2.74 bits per heavy atom. The van der Waals surface area contributed by atoms with Crippen molar-refractivity contribution in [1.29, 1.82) is 0 Å². The van der Waals surface area contributed by atoms with E-state index in [0.717, 1.165) is 0 Å². The molecule has 1 aromatic rings. The van der Waals surface area contributed by atoms with Crippen molar-refractivity contribution in [1.82, 2.24) is 14.8 Å². The van der Waals surface area contributed by atoms with Crippen LogP contribution in [-0.2, 0) is 4.79 Å². The van der Waals surface area contributed by atoms with Gasteiger partial charge in [0.25, 0.3) is 5.91 Å². The quantitative estimate of drug-likeness (QED) is 0.681. The van der Waals surface area contributed by atoms with Gasteiger partial charge in [0.05, 0.1) is 19.2 Å². The minimum absolute atomic E-state index is 0.0000544. The summed E-state index contributed by atoms with van der Waals surface area (Å²) in [7, 11) is 1.73. The van der Waals surface area contributed by atoms with E-state index in [9.17, 15) is 19.8 Å². The Kier molecular flexibility index (Phi) is 8.04. The van der Waals surface area contributed by atoms with Crippen LogP contribution in [0.4, 0.5) is 0 Å². The number of aromatic nitrogens is 1. The second-order valence-electron chi connectivity index (χ2n) is 8.64. The molecule has 0 aliphatic carbocycles. The molecule has 2 heterocycles. The molecule has 2 amide bonds. The highest BCUT2D eigenvalue weighted by atomic mass is 16.5. The number of hydrogen-bond donors (Lipinski definition) is 2. The van der Waals surface area contributed by atoms with Crippen molar-refractivity contribution in [2.45, 2.75) is 58.8 Å². The van der Waals surface area contributed by atoms with Gasteiger partial charge < -0.3 is 24.7 Å². The van der Waals surface area contributed by atoms with Crippen LogP contribution in [0, 0.1) is 17.8 Å². The van der Waals surface area contributed by atoms with Crippen LogP contribution >= 0.6 is 0 Å². The van der Waals surface area contributed by atoms with Crippen LogP contribution in [0.15, 0.2) is 12.3 Å². The van der Waals surface area contributed by atoms with Crippen molar-refractivity contribution in [3.8, 4) is 17.7 Å². The molecule has 0 saturated heterocycles. The minimum Gasteiger partial charge on any atom is -0.472 e. The Hall–Kier alpha value is -2.63. The molecule has 8 nitrogen and oxygen atoms in total. The maximum atomic E-state index is 13.3. The number of ether oxygens (including phenoxy) is 1. The molecule has 1 aromatic heterocycles. The average Bonchev–Trinajstić information content (AvgIpc) is 2.72. The summed E-state index contributed by atoms with van der Waals surface area (Å²) >= 11 is 0. The van der Waals surface area contributed by atoms with Gasteiger partial charge in [-0.3, -0.25) is 9.59 Å². The molecule has 31 heavy (non-hydrogen) atoms. The number of hydrogen-bond acceptors (Lipinski definition) is 6. The topological polar surface area (TPSA) is 103 Å². The number of carbonyl (C=O) groups excluding carboxylic acids is 2. The summed E-state index contributed by atoms with van der Waals surface area (Å²) in [6, 6.07) is 1.19. The normalized spacial score (nSPS) is 19.9. The monoisotopic (exact) mass is 431 g/mol. The third-order valence-electron chi connectivity index (χ3n) is 5.22. The molecule has 0 unspecified atom stereocenters.